The number of carbonyl (C=O) groups excluding carboxylic acids is 1. The third-order valence-electron chi connectivity index (χ3n) is 4.78. The van der Waals surface area contributed by atoms with Crippen molar-refractivity contribution >= 4 is 17.2 Å². The van der Waals surface area contributed by atoms with Gasteiger partial charge in [-0.2, -0.15) is 0 Å². The molecule has 1 saturated heterocycles. The maximum atomic E-state index is 13.6. The Kier molecular flexibility index (Phi) is 5.86. The predicted molar refractivity (Wildman–Crippen MR) is 100 cm³/mol. The first-order chi connectivity index (χ1) is 12.0. The quantitative estimate of drug-likeness (QED) is 0.874. The lowest BCUT2D eigenvalue weighted by Crippen LogP contribution is -2.48. The fourth-order valence-electron chi connectivity index (χ4n) is 3.52. The zero-order valence-corrected chi connectivity index (χ0v) is 15.7. The average Bonchev–Trinajstić information content (AvgIpc) is 2.92. The van der Waals surface area contributed by atoms with Crippen molar-refractivity contribution in [3.05, 3.63) is 57.0 Å². The van der Waals surface area contributed by atoms with E-state index in [1.54, 1.807) is 6.07 Å². The Morgan fingerprint density at radius 2 is 2.20 bits per heavy atom. The molecule has 2 aromatic rings. The largest absolute Gasteiger partial charge is 0.333 e. The van der Waals surface area contributed by atoms with Crippen LogP contribution in [0.4, 0.5) is 4.39 Å². The minimum absolute atomic E-state index is 0.0814. The fourth-order valence-corrected chi connectivity index (χ4v) is 4.50. The van der Waals surface area contributed by atoms with Crippen LogP contribution in [-0.2, 0) is 11.2 Å². The van der Waals surface area contributed by atoms with Crippen LogP contribution in [-0.4, -0.2) is 30.4 Å². The van der Waals surface area contributed by atoms with E-state index in [0.29, 0.717) is 19.5 Å². The summed E-state index contributed by atoms with van der Waals surface area (Å²) < 4.78 is 13.6. The Hall–Kier alpha value is -1.72. The Bertz CT molecular complexity index is 743. The van der Waals surface area contributed by atoms with Crippen LogP contribution in [0.5, 0.6) is 0 Å². The van der Waals surface area contributed by atoms with Gasteiger partial charge in [0.05, 0.1) is 6.04 Å². The molecule has 0 radical (unpaired) electrons. The standard InChI is InChI=1S/C20H25FN2OS/c1-14-11-16(15(2)25-14)5-4-8-20(24)23-10-9-22-13-19(23)17-6-3-7-18(21)12-17/h3,6-7,11-12,19,22H,4-5,8-10,13H2,1-2H3. The van der Waals surface area contributed by atoms with Crippen LogP contribution in [0.3, 0.4) is 0 Å². The molecular weight excluding hydrogens is 335 g/mol. The summed E-state index contributed by atoms with van der Waals surface area (Å²) in [4.78, 5) is 17.3. The highest BCUT2D eigenvalue weighted by molar-refractivity contribution is 7.12. The summed E-state index contributed by atoms with van der Waals surface area (Å²) in [5.74, 6) is -0.0841. The Labute approximate surface area is 152 Å². The maximum Gasteiger partial charge on any atom is 0.223 e. The molecule has 5 heteroatoms. The summed E-state index contributed by atoms with van der Waals surface area (Å²) in [5.41, 5.74) is 2.22. The maximum absolute atomic E-state index is 13.6. The summed E-state index contributed by atoms with van der Waals surface area (Å²) in [5, 5.41) is 3.31. The van der Waals surface area contributed by atoms with Gasteiger partial charge in [0.1, 0.15) is 5.82 Å². The van der Waals surface area contributed by atoms with E-state index in [9.17, 15) is 9.18 Å². The number of aryl methyl sites for hydroxylation is 3. The van der Waals surface area contributed by atoms with Crippen LogP contribution < -0.4 is 5.32 Å². The monoisotopic (exact) mass is 360 g/mol. The van der Waals surface area contributed by atoms with Crippen molar-refractivity contribution in [2.75, 3.05) is 19.6 Å². The van der Waals surface area contributed by atoms with E-state index >= 15 is 0 Å². The molecule has 0 bridgehead atoms. The number of amides is 1. The van der Waals surface area contributed by atoms with Gasteiger partial charge in [-0.3, -0.25) is 4.79 Å². The highest BCUT2D eigenvalue weighted by atomic mass is 32.1. The molecular formula is C20H25FN2OS. The molecule has 1 atom stereocenters. The van der Waals surface area contributed by atoms with E-state index in [1.807, 2.05) is 22.3 Å². The molecule has 3 rings (SSSR count). The van der Waals surface area contributed by atoms with Crippen LogP contribution in [0, 0.1) is 19.7 Å². The first-order valence-electron chi connectivity index (χ1n) is 8.86. The van der Waals surface area contributed by atoms with Crippen molar-refractivity contribution < 1.29 is 9.18 Å². The molecule has 1 N–H and O–H groups in total. The van der Waals surface area contributed by atoms with Gasteiger partial charge in [-0.1, -0.05) is 12.1 Å². The van der Waals surface area contributed by atoms with E-state index in [-0.39, 0.29) is 17.8 Å². The molecule has 0 spiro atoms. The van der Waals surface area contributed by atoms with Gasteiger partial charge in [0.2, 0.25) is 5.91 Å². The zero-order valence-electron chi connectivity index (χ0n) is 14.8. The number of nitrogens with zero attached hydrogens (tertiary/aromatic N) is 1. The second kappa shape index (κ2) is 8.11. The van der Waals surface area contributed by atoms with Crippen molar-refractivity contribution in [1.82, 2.24) is 10.2 Å². The second-order valence-corrected chi connectivity index (χ2v) is 8.11. The van der Waals surface area contributed by atoms with E-state index in [1.165, 1.54) is 27.5 Å². The molecule has 1 aliphatic rings. The van der Waals surface area contributed by atoms with Gasteiger partial charge in [0, 0.05) is 35.8 Å². The van der Waals surface area contributed by atoms with E-state index < -0.39 is 0 Å². The number of rotatable bonds is 5. The number of thiophene rings is 1. The number of nitrogens with one attached hydrogen (secondary N) is 1. The third kappa shape index (κ3) is 4.47. The van der Waals surface area contributed by atoms with Gasteiger partial charge in [-0.15, -0.1) is 11.3 Å². The van der Waals surface area contributed by atoms with Crippen LogP contribution in [0.2, 0.25) is 0 Å². The fraction of sp³-hybridized carbons (Fsp3) is 0.450. The summed E-state index contributed by atoms with van der Waals surface area (Å²) in [7, 11) is 0. The Morgan fingerprint density at radius 1 is 1.36 bits per heavy atom. The molecule has 1 amide bonds. The lowest BCUT2D eigenvalue weighted by Gasteiger charge is -2.36. The van der Waals surface area contributed by atoms with Gasteiger partial charge in [-0.25, -0.2) is 4.39 Å². The van der Waals surface area contributed by atoms with Crippen molar-refractivity contribution in [2.45, 2.75) is 39.2 Å². The average molecular weight is 360 g/mol. The molecule has 25 heavy (non-hydrogen) atoms. The highest BCUT2D eigenvalue weighted by Gasteiger charge is 2.27. The molecule has 1 aliphatic heterocycles. The number of halogens is 1. The van der Waals surface area contributed by atoms with Crippen LogP contribution in [0.15, 0.2) is 30.3 Å². The SMILES string of the molecule is Cc1cc(CCCC(=O)N2CCNCC2c2cccc(F)c2)c(C)s1. The van der Waals surface area contributed by atoms with Gasteiger partial charge in [0.15, 0.2) is 0 Å². The van der Waals surface area contributed by atoms with Gasteiger partial charge in [-0.05, 0) is 56.0 Å². The highest BCUT2D eigenvalue weighted by Crippen LogP contribution is 2.25. The van der Waals surface area contributed by atoms with Gasteiger partial charge < -0.3 is 10.2 Å². The predicted octanol–water partition coefficient (Wildman–Crippen LogP) is 4.00. The molecule has 0 saturated carbocycles. The van der Waals surface area contributed by atoms with Gasteiger partial charge >= 0.3 is 0 Å². The Morgan fingerprint density at radius 3 is 2.92 bits per heavy atom. The number of carbonyl (C=O) groups is 1. The summed E-state index contributed by atoms with van der Waals surface area (Å²) in [6.07, 6.45) is 2.34. The second-order valence-electron chi connectivity index (χ2n) is 6.65. The third-order valence-corrected chi connectivity index (χ3v) is 5.79. The normalized spacial score (nSPS) is 17.7. The zero-order chi connectivity index (χ0) is 17.8. The minimum Gasteiger partial charge on any atom is -0.333 e. The number of hydrogen-bond acceptors (Lipinski definition) is 3. The lowest BCUT2D eigenvalue weighted by molar-refractivity contribution is -0.134. The minimum atomic E-state index is -0.251. The lowest BCUT2D eigenvalue weighted by atomic mass is 10.0. The number of piperazine rings is 1. The molecule has 1 aromatic carbocycles. The molecule has 3 nitrogen and oxygen atoms in total. The molecule has 2 heterocycles. The van der Waals surface area contributed by atoms with Crippen LogP contribution in [0.25, 0.3) is 0 Å². The van der Waals surface area contributed by atoms with Crippen molar-refractivity contribution in [1.29, 1.82) is 0 Å². The van der Waals surface area contributed by atoms with Gasteiger partial charge in [0.25, 0.3) is 0 Å². The summed E-state index contributed by atoms with van der Waals surface area (Å²) in [6.45, 7) is 6.41. The van der Waals surface area contributed by atoms with E-state index in [4.69, 9.17) is 0 Å². The van der Waals surface area contributed by atoms with Crippen LogP contribution in [0.1, 0.15) is 39.8 Å². The summed E-state index contributed by atoms with van der Waals surface area (Å²) >= 11 is 1.82. The Balaban J connectivity index is 1.62. The molecule has 1 unspecified atom stereocenters. The molecule has 134 valence electrons. The first-order valence-corrected chi connectivity index (χ1v) is 9.68. The van der Waals surface area contributed by atoms with Crippen LogP contribution >= 0.6 is 11.3 Å². The topological polar surface area (TPSA) is 32.3 Å². The van der Waals surface area contributed by atoms with E-state index in [0.717, 1.165) is 24.9 Å². The van der Waals surface area contributed by atoms with Crippen molar-refractivity contribution in [3.8, 4) is 0 Å². The van der Waals surface area contributed by atoms with Crippen molar-refractivity contribution in [2.24, 2.45) is 0 Å². The van der Waals surface area contributed by atoms with E-state index in [2.05, 4.69) is 25.2 Å². The summed E-state index contributed by atoms with van der Waals surface area (Å²) in [6, 6.07) is 8.74. The number of hydrogen-bond donors (Lipinski definition) is 1. The molecule has 0 aliphatic carbocycles. The molecule has 1 fully saturated rings. The molecule has 1 aromatic heterocycles. The number of benzene rings is 1. The first kappa shape index (κ1) is 18.1. The van der Waals surface area contributed by atoms with Crippen molar-refractivity contribution in [3.63, 3.8) is 0 Å². The smallest absolute Gasteiger partial charge is 0.223 e.